The van der Waals surface area contributed by atoms with Gasteiger partial charge in [-0.25, -0.2) is 9.59 Å². The van der Waals surface area contributed by atoms with Crippen LogP contribution in [0.2, 0.25) is 0 Å². The molecule has 0 bridgehead atoms. The minimum Gasteiger partial charge on any atom is -0.479 e. The number of esters is 1. The van der Waals surface area contributed by atoms with Crippen LogP contribution in [0.15, 0.2) is 12.7 Å². The van der Waals surface area contributed by atoms with E-state index in [4.69, 9.17) is 15.2 Å². The maximum atomic E-state index is 12.7. The van der Waals surface area contributed by atoms with Gasteiger partial charge in [0.05, 0.1) is 18.8 Å². The minimum absolute atomic E-state index is 0.0558. The summed E-state index contributed by atoms with van der Waals surface area (Å²) in [5, 5.41) is 9.76. The van der Waals surface area contributed by atoms with E-state index in [1.165, 1.54) is 13.0 Å². The molecule has 1 amide bonds. The molecule has 136 valence electrons. The smallest absolute Gasteiger partial charge is 0.344 e. The summed E-state index contributed by atoms with van der Waals surface area (Å²) in [6.07, 6.45) is 0.671. The van der Waals surface area contributed by atoms with Gasteiger partial charge in [-0.1, -0.05) is 6.08 Å². The normalized spacial score (nSPS) is 25.2. The second-order valence-corrected chi connectivity index (χ2v) is 6.85. The van der Waals surface area contributed by atoms with Crippen LogP contribution in [-0.2, 0) is 23.9 Å². The van der Waals surface area contributed by atoms with Crippen LogP contribution in [0.1, 0.15) is 34.1 Å². The predicted octanol–water partition coefficient (Wildman–Crippen LogP) is 0.302. The second kappa shape index (κ2) is 7.31. The average Bonchev–Trinajstić information content (AvgIpc) is 2.83. The maximum Gasteiger partial charge on any atom is 0.344 e. The van der Waals surface area contributed by atoms with Crippen LogP contribution in [0.3, 0.4) is 0 Å². The number of rotatable bonds is 6. The summed E-state index contributed by atoms with van der Waals surface area (Å²) in [5.41, 5.74) is 2.57. The first kappa shape index (κ1) is 20.1. The highest BCUT2D eigenvalue weighted by molar-refractivity contribution is 6.08. The number of carboxylic acid groups (broad SMARTS) is 1. The van der Waals surface area contributed by atoms with Crippen molar-refractivity contribution < 1.29 is 29.0 Å². The van der Waals surface area contributed by atoms with Gasteiger partial charge < -0.3 is 25.2 Å². The van der Waals surface area contributed by atoms with Gasteiger partial charge in [-0.05, 0) is 27.7 Å². The molecule has 1 aliphatic rings. The van der Waals surface area contributed by atoms with Crippen molar-refractivity contribution in [2.24, 2.45) is 5.73 Å². The number of likely N-dealkylation sites (tertiary alicyclic amines) is 1. The number of hydrogen-bond acceptors (Lipinski definition) is 6. The topological polar surface area (TPSA) is 119 Å². The monoisotopic (exact) mass is 342 g/mol. The van der Waals surface area contributed by atoms with Crippen LogP contribution in [-0.4, -0.2) is 64.3 Å². The van der Waals surface area contributed by atoms with Crippen molar-refractivity contribution in [3.05, 3.63) is 12.7 Å². The highest BCUT2D eigenvalue weighted by Gasteiger charge is 2.61. The van der Waals surface area contributed by atoms with Crippen LogP contribution < -0.4 is 5.73 Å². The summed E-state index contributed by atoms with van der Waals surface area (Å²) in [4.78, 5) is 38.0. The Balaban J connectivity index is 3.28. The number of aliphatic carboxylic acids is 1. The van der Waals surface area contributed by atoms with E-state index in [1.807, 2.05) is 0 Å². The van der Waals surface area contributed by atoms with E-state index in [0.29, 0.717) is 0 Å². The predicted molar refractivity (Wildman–Crippen MR) is 86.1 cm³/mol. The second-order valence-electron chi connectivity index (χ2n) is 6.85. The van der Waals surface area contributed by atoms with Gasteiger partial charge in [0.15, 0.2) is 0 Å². The van der Waals surface area contributed by atoms with Gasteiger partial charge >= 0.3 is 11.9 Å². The lowest BCUT2D eigenvalue weighted by Gasteiger charge is -2.35. The summed E-state index contributed by atoms with van der Waals surface area (Å²) in [5.74, 6) is -3.11. The van der Waals surface area contributed by atoms with Gasteiger partial charge in [0.25, 0.3) is 0 Å². The first-order valence-corrected chi connectivity index (χ1v) is 7.72. The van der Waals surface area contributed by atoms with E-state index in [-0.39, 0.29) is 19.6 Å². The van der Waals surface area contributed by atoms with Crippen molar-refractivity contribution in [3.63, 3.8) is 0 Å². The quantitative estimate of drug-likeness (QED) is 0.405. The molecule has 0 aromatic carbocycles. The van der Waals surface area contributed by atoms with E-state index in [1.54, 1.807) is 20.8 Å². The zero-order chi connectivity index (χ0) is 18.7. The molecule has 8 heteroatoms. The fraction of sp³-hybridized carbons (Fsp3) is 0.688. The molecule has 1 heterocycles. The molecule has 0 spiro atoms. The van der Waals surface area contributed by atoms with Crippen molar-refractivity contribution >= 4 is 17.8 Å². The molecule has 3 N–H and O–H groups in total. The van der Waals surface area contributed by atoms with E-state index in [9.17, 15) is 19.5 Å². The number of carbonyl (C=O) groups is 3. The molecule has 3 atom stereocenters. The first-order valence-electron chi connectivity index (χ1n) is 7.72. The van der Waals surface area contributed by atoms with Crippen LogP contribution in [0.4, 0.5) is 0 Å². The van der Waals surface area contributed by atoms with Crippen molar-refractivity contribution in [2.45, 2.75) is 57.4 Å². The van der Waals surface area contributed by atoms with E-state index >= 15 is 0 Å². The molecule has 24 heavy (non-hydrogen) atoms. The Labute approximate surface area is 141 Å². The van der Waals surface area contributed by atoms with Gasteiger partial charge in [-0.15, -0.1) is 6.58 Å². The fourth-order valence-corrected chi connectivity index (χ4v) is 2.55. The number of ether oxygens (including phenoxy) is 2. The lowest BCUT2D eigenvalue weighted by molar-refractivity contribution is -0.180. The SMILES string of the molecule is C=CCOC1CN(C(=O)[C@H](C)N)[C@@](C(=O)O)(C(=O)OC(C)(C)C)C1. The first-order chi connectivity index (χ1) is 11.0. The standard InChI is InChI=1S/C16H26N2O6/c1-6-7-23-11-8-16(13(20)21,14(22)24-15(3,4)5)18(9-11)12(19)10(2)17/h6,10-11H,1,7-9,17H2,2-5H3,(H,20,21)/t10-,11?,16-/m0/s1. The largest absolute Gasteiger partial charge is 0.479 e. The lowest BCUT2D eigenvalue weighted by atomic mass is 9.94. The molecule has 1 aliphatic heterocycles. The van der Waals surface area contributed by atoms with Gasteiger partial charge in [-0.2, -0.15) is 0 Å². The van der Waals surface area contributed by atoms with Gasteiger partial charge in [0, 0.05) is 13.0 Å². The number of carboxylic acids is 1. The maximum absolute atomic E-state index is 12.7. The number of nitrogens with zero attached hydrogens (tertiary/aromatic N) is 1. The molecule has 0 aromatic heterocycles. The number of hydrogen-bond donors (Lipinski definition) is 2. The van der Waals surface area contributed by atoms with Gasteiger partial charge in [0.2, 0.25) is 11.4 Å². The minimum atomic E-state index is -2.15. The van der Waals surface area contributed by atoms with Crippen LogP contribution in [0, 0.1) is 0 Å². The third-order valence-electron chi connectivity index (χ3n) is 3.57. The molecule has 8 nitrogen and oxygen atoms in total. The third kappa shape index (κ3) is 4.12. The van der Waals surface area contributed by atoms with E-state index in [2.05, 4.69) is 6.58 Å². The summed E-state index contributed by atoms with van der Waals surface area (Å²) in [6, 6.07) is -0.954. The highest BCUT2D eigenvalue weighted by Crippen LogP contribution is 2.34. The lowest BCUT2D eigenvalue weighted by Crippen LogP contribution is -2.62. The van der Waals surface area contributed by atoms with Crippen LogP contribution >= 0.6 is 0 Å². The summed E-state index contributed by atoms with van der Waals surface area (Å²) >= 11 is 0. The Morgan fingerprint density at radius 3 is 2.46 bits per heavy atom. The Hall–Kier alpha value is -1.93. The third-order valence-corrected chi connectivity index (χ3v) is 3.57. The Morgan fingerprint density at radius 2 is 2.04 bits per heavy atom. The molecule has 0 saturated carbocycles. The van der Waals surface area contributed by atoms with E-state index in [0.717, 1.165) is 4.90 Å². The molecular formula is C16H26N2O6. The highest BCUT2D eigenvalue weighted by atomic mass is 16.6. The Bertz CT molecular complexity index is 525. The average molecular weight is 342 g/mol. The molecule has 0 aliphatic carbocycles. The Kier molecular flexibility index (Phi) is 6.13. The zero-order valence-electron chi connectivity index (χ0n) is 14.6. The van der Waals surface area contributed by atoms with Crippen molar-refractivity contribution in [1.82, 2.24) is 4.90 Å². The van der Waals surface area contributed by atoms with E-state index < -0.39 is 41.1 Å². The van der Waals surface area contributed by atoms with Crippen molar-refractivity contribution in [2.75, 3.05) is 13.2 Å². The van der Waals surface area contributed by atoms with Crippen molar-refractivity contribution in [3.8, 4) is 0 Å². The molecule has 1 saturated heterocycles. The van der Waals surface area contributed by atoms with Gasteiger partial charge in [0.1, 0.15) is 5.60 Å². The molecular weight excluding hydrogens is 316 g/mol. The van der Waals surface area contributed by atoms with Gasteiger partial charge in [-0.3, -0.25) is 4.79 Å². The molecule has 1 unspecified atom stereocenters. The summed E-state index contributed by atoms with van der Waals surface area (Å²) in [7, 11) is 0. The van der Waals surface area contributed by atoms with Crippen molar-refractivity contribution in [1.29, 1.82) is 0 Å². The molecule has 1 fully saturated rings. The number of amides is 1. The number of carbonyl (C=O) groups excluding carboxylic acids is 2. The fourth-order valence-electron chi connectivity index (χ4n) is 2.55. The summed E-state index contributed by atoms with van der Waals surface area (Å²) in [6.45, 7) is 9.95. The molecule has 0 radical (unpaired) electrons. The molecule has 0 aromatic rings. The number of nitrogens with two attached hydrogens (primary N) is 1. The molecule has 1 rings (SSSR count). The zero-order valence-corrected chi connectivity index (χ0v) is 14.6. The van der Waals surface area contributed by atoms with Crippen LogP contribution in [0.25, 0.3) is 0 Å². The van der Waals surface area contributed by atoms with Crippen LogP contribution in [0.5, 0.6) is 0 Å². The summed E-state index contributed by atoms with van der Waals surface area (Å²) < 4.78 is 10.7. The Morgan fingerprint density at radius 1 is 1.46 bits per heavy atom.